The van der Waals surface area contributed by atoms with Crippen LogP contribution in [0.3, 0.4) is 0 Å². The molecule has 0 radical (unpaired) electrons. The monoisotopic (exact) mass is 384 g/mol. The van der Waals surface area contributed by atoms with Crippen LogP contribution >= 0.6 is 0 Å². The molecule has 27 heavy (non-hydrogen) atoms. The van der Waals surface area contributed by atoms with Crippen LogP contribution in [0.1, 0.15) is 12.5 Å². The number of aliphatic hydroxyl groups is 1. The molecule has 0 saturated carbocycles. The lowest BCUT2D eigenvalue weighted by atomic mass is 10.0. The molecule has 1 aliphatic carbocycles. The maximum Gasteiger partial charge on any atom is 0.417 e. The Labute approximate surface area is 155 Å². The van der Waals surface area contributed by atoms with Crippen LogP contribution in [0.15, 0.2) is 59.1 Å². The van der Waals surface area contributed by atoms with Gasteiger partial charge >= 0.3 is 6.18 Å². The average molecular weight is 384 g/mol. The lowest BCUT2D eigenvalue weighted by Gasteiger charge is -2.23. The highest BCUT2D eigenvalue weighted by molar-refractivity contribution is 5.34. The highest BCUT2D eigenvalue weighted by Crippen LogP contribution is 2.28. The van der Waals surface area contributed by atoms with Gasteiger partial charge < -0.3 is 19.7 Å². The third-order valence-corrected chi connectivity index (χ3v) is 4.05. The predicted octanol–water partition coefficient (Wildman–Crippen LogP) is 2.28. The fourth-order valence-corrected chi connectivity index (χ4v) is 2.56. The SMILES string of the molecule is CC1(NCCOCCO)C=CC=C(Cn2cc(C(F)(F)F)ccc2=O)C=C1. The summed E-state index contributed by atoms with van der Waals surface area (Å²) >= 11 is 0. The molecule has 0 aromatic carbocycles. The van der Waals surface area contributed by atoms with Gasteiger partial charge in [0.15, 0.2) is 0 Å². The number of aliphatic hydroxyl groups excluding tert-OH is 1. The standard InChI is InChI=1S/C19H23F3N2O3/c1-18(23-9-11-27-12-10-25)7-2-3-15(6-8-18)13-24-14-16(19(20,21)22)4-5-17(24)26/h2-8,14,23,25H,9-13H2,1H3. The minimum Gasteiger partial charge on any atom is -0.394 e. The van der Waals surface area contributed by atoms with E-state index >= 15 is 0 Å². The Morgan fingerprint density at radius 3 is 2.74 bits per heavy atom. The van der Waals surface area contributed by atoms with E-state index in [0.717, 1.165) is 22.9 Å². The first-order chi connectivity index (χ1) is 12.7. The van der Waals surface area contributed by atoms with E-state index in [0.29, 0.717) is 18.7 Å². The van der Waals surface area contributed by atoms with E-state index in [1.807, 2.05) is 19.1 Å². The Morgan fingerprint density at radius 2 is 2.04 bits per heavy atom. The number of allylic oxidation sites excluding steroid dienone is 4. The molecule has 2 N–H and O–H groups in total. The fourth-order valence-electron chi connectivity index (χ4n) is 2.56. The number of nitrogens with one attached hydrogen (secondary N) is 1. The van der Waals surface area contributed by atoms with E-state index in [1.165, 1.54) is 0 Å². The lowest BCUT2D eigenvalue weighted by Crippen LogP contribution is -2.40. The minimum absolute atomic E-state index is 0.0285. The van der Waals surface area contributed by atoms with E-state index in [-0.39, 0.29) is 19.8 Å². The topological polar surface area (TPSA) is 63.5 Å². The van der Waals surface area contributed by atoms with E-state index in [2.05, 4.69) is 5.32 Å². The smallest absolute Gasteiger partial charge is 0.394 e. The molecule has 1 atom stereocenters. The van der Waals surface area contributed by atoms with Crippen LogP contribution in [0.4, 0.5) is 13.2 Å². The molecule has 0 amide bonds. The Morgan fingerprint density at radius 1 is 1.26 bits per heavy atom. The number of hydrogen-bond acceptors (Lipinski definition) is 4. The summed E-state index contributed by atoms with van der Waals surface area (Å²) in [4.78, 5) is 11.9. The summed E-state index contributed by atoms with van der Waals surface area (Å²) in [5.74, 6) is 0. The molecular formula is C19H23F3N2O3. The third-order valence-electron chi connectivity index (χ3n) is 4.05. The first kappa shape index (κ1) is 21.1. The summed E-state index contributed by atoms with van der Waals surface area (Å²) in [6.07, 6.45) is 5.48. The van der Waals surface area contributed by atoms with Crippen molar-refractivity contribution in [3.8, 4) is 0 Å². The van der Waals surface area contributed by atoms with Gasteiger partial charge in [-0.2, -0.15) is 13.2 Å². The van der Waals surface area contributed by atoms with E-state index in [4.69, 9.17) is 9.84 Å². The summed E-state index contributed by atoms with van der Waals surface area (Å²) < 4.78 is 44.8. The Balaban J connectivity index is 2.04. The highest BCUT2D eigenvalue weighted by Gasteiger charge is 2.31. The molecule has 8 heteroatoms. The van der Waals surface area contributed by atoms with Crippen molar-refractivity contribution in [2.75, 3.05) is 26.4 Å². The molecule has 2 rings (SSSR count). The first-order valence-corrected chi connectivity index (χ1v) is 8.52. The van der Waals surface area contributed by atoms with Gasteiger partial charge in [-0.15, -0.1) is 0 Å². The molecule has 0 fully saturated rings. The Bertz CT molecular complexity index is 781. The first-order valence-electron chi connectivity index (χ1n) is 8.52. The third kappa shape index (κ3) is 6.50. The summed E-state index contributed by atoms with van der Waals surface area (Å²) in [5, 5.41) is 12.0. The largest absolute Gasteiger partial charge is 0.417 e. The van der Waals surface area contributed by atoms with Crippen LogP contribution in [0, 0.1) is 0 Å². The van der Waals surface area contributed by atoms with E-state index in [9.17, 15) is 18.0 Å². The molecule has 0 saturated heterocycles. The molecule has 1 aromatic rings. The van der Waals surface area contributed by atoms with Crippen molar-refractivity contribution < 1.29 is 23.0 Å². The van der Waals surface area contributed by atoms with Gasteiger partial charge in [0, 0.05) is 18.8 Å². The number of nitrogens with zero attached hydrogens (tertiary/aromatic N) is 1. The second-order valence-corrected chi connectivity index (χ2v) is 6.36. The summed E-state index contributed by atoms with van der Waals surface area (Å²) in [6.45, 7) is 3.24. The van der Waals surface area contributed by atoms with E-state index in [1.54, 1.807) is 18.2 Å². The summed E-state index contributed by atoms with van der Waals surface area (Å²) in [6, 6.07) is 1.72. The molecular weight excluding hydrogens is 361 g/mol. The average Bonchev–Trinajstić information content (AvgIpc) is 2.78. The maximum absolute atomic E-state index is 12.9. The van der Waals surface area contributed by atoms with Gasteiger partial charge in [0.2, 0.25) is 0 Å². The molecule has 148 valence electrons. The van der Waals surface area contributed by atoms with Gasteiger partial charge in [-0.3, -0.25) is 4.79 Å². The maximum atomic E-state index is 12.9. The van der Waals surface area contributed by atoms with Crippen LogP contribution in [0.2, 0.25) is 0 Å². The van der Waals surface area contributed by atoms with Gasteiger partial charge in [-0.25, -0.2) is 0 Å². The molecule has 0 spiro atoms. The van der Waals surface area contributed by atoms with Crippen molar-refractivity contribution in [1.29, 1.82) is 0 Å². The van der Waals surface area contributed by atoms with Crippen LogP contribution < -0.4 is 10.9 Å². The van der Waals surface area contributed by atoms with Gasteiger partial charge in [-0.05, 0) is 18.6 Å². The predicted molar refractivity (Wildman–Crippen MR) is 96.4 cm³/mol. The van der Waals surface area contributed by atoms with Gasteiger partial charge in [-0.1, -0.05) is 30.4 Å². The zero-order valence-electron chi connectivity index (χ0n) is 15.0. The van der Waals surface area contributed by atoms with Crippen LogP contribution in [-0.2, 0) is 17.5 Å². The number of pyridine rings is 1. The van der Waals surface area contributed by atoms with Crippen molar-refractivity contribution in [2.45, 2.75) is 25.2 Å². The van der Waals surface area contributed by atoms with Crippen LogP contribution in [0.25, 0.3) is 0 Å². The minimum atomic E-state index is -4.50. The number of rotatable bonds is 8. The molecule has 1 unspecified atom stereocenters. The molecule has 0 bridgehead atoms. The number of aromatic nitrogens is 1. The van der Waals surface area contributed by atoms with Gasteiger partial charge in [0.1, 0.15) is 0 Å². The van der Waals surface area contributed by atoms with E-state index < -0.39 is 22.8 Å². The van der Waals surface area contributed by atoms with Crippen LogP contribution in [-0.4, -0.2) is 41.6 Å². The number of ether oxygens (including phenoxy) is 1. The van der Waals surface area contributed by atoms with Crippen LogP contribution in [0.5, 0.6) is 0 Å². The van der Waals surface area contributed by atoms with Crippen molar-refractivity contribution in [3.63, 3.8) is 0 Å². The van der Waals surface area contributed by atoms with Crippen molar-refractivity contribution in [1.82, 2.24) is 9.88 Å². The molecule has 1 aromatic heterocycles. The zero-order chi connectivity index (χ0) is 19.9. The molecule has 0 aliphatic heterocycles. The zero-order valence-corrected chi connectivity index (χ0v) is 15.0. The van der Waals surface area contributed by atoms with Crippen molar-refractivity contribution >= 4 is 0 Å². The molecule has 1 aliphatic rings. The number of hydrogen-bond donors (Lipinski definition) is 2. The fraction of sp³-hybridized carbons (Fsp3) is 0.421. The Kier molecular flexibility index (Phi) is 7.18. The van der Waals surface area contributed by atoms with Gasteiger partial charge in [0.25, 0.3) is 5.56 Å². The molecule has 5 nitrogen and oxygen atoms in total. The Hall–Kier alpha value is -2.16. The second-order valence-electron chi connectivity index (χ2n) is 6.36. The van der Waals surface area contributed by atoms with Gasteiger partial charge in [0.05, 0.1) is 37.5 Å². The van der Waals surface area contributed by atoms with Crippen molar-refractivity contribution in [2.24, 2.45) is 0 Å². The highest BCUT2D eigenvalue weighted by atomic mass is 19.4. The quantitative estimate of drug-likeness (QED) is 0.675. The van der Waals surface area contributed by atoms with Crippen molar-refractivity contribution in [3.05, 3.63) is 70.2 Å². The number of alkyl halides is 3. The summed E-state index contributed by atoms with van der Waals surface area (Å²) in [7, 11) is 0. The summed E-state index contributed by atoms with van der Waals surface area (Å²) in [5.41, 5.74) is -1.10. The lowest BCUT2D eigenvalue weighted by molar-refractivity contribution is -0.138. The normalized spacial score (nSPS) is 19.8. The molecule has 1 heterocycles. The number of halogens is 3. The second kappa shape index (κ2) is 9.16.